The van der Waals surface area contributed by atoms with Crippen molar-refractivity contribution in [2.75, 3.05) is 0 Å². The van der Waals surface area contributed by atoms with Crippen LogP contribution in [0, 0.1) is 35.0 Å². The topological polar surface area (TPSA) is 26.3 Å². The van der Waals surface area contributed by atoms with Gasteiger partial charge in [-0.3, -0.25) is 4.79 Å². The molecule has 0 N–H and O–H groups in total. The molecular formula is C20H32O2. The summed E-state index contributed by atoms with van der Waals surface area (Å²) < 4.78 is 5.79. The summed E-state index contributed by atoms with van der Waals surface area (Å²) in [6.45, 7) is 4.08. The molecule has 2 unspecified atom stereocenters. The molecule has 0 saturated heterocycles. The van der Waals surface area contributed by atoms with Crippen LogP contribution in [-0.4, -0.2) is 12.1 Å². The van der Waals surface area contributed by atoms with Gasteiger partial charge in [-0.1, -0.05) is 26.2 Å². The van der Waals surface area contributed by atoms with Crippen molar-refractivity contribution < 1.29 is 9.53 Å². The summed E-state index contributed by atoms with van der Waals surface area (Å²) in [5, 5.41) is 0. The molecule has 124 valence electrons. The molecule has 4 rings (SSSR count). The van der Waals surface area contributed by atoms with E-state index in [0.29, 0.717) is 11.3 Å². The highest BCUT2D eigenvalue weighted by atomic mass is 16.5. The number of ether oxygens (including phenoxy) is 1. The zero-order chi connectivity index (χ0) is 15.3. The molecule has 4 saturated carbocycles. The van der Waals surface area contributed by atoms with Crippen molar-refractivity contribution in [3.63, 3.8) is 0 Å². The Morgan fingerprint density at radius 2 is 1.68 bits per heavy atom. The van der Waals surface area contributed by atoms with Gasteiger partial charge in [0.15, 0.2) is 0 Å². The van der Waals surface area contributed by atoms with Gasteiger partial charge < -0.3 is 4.74 Å². The van der Waals surface area contributed by atoms with Crippen LogP contribution < -0.4 is 0 Å². The van der Waals surface area contributed by atoms with Crippen LogP contribution >= 0.6 is 0 Å². The molecule has 2 nitrogen and oxygen atoms in total. The average Bonchev–Trinajstić information content (AvgIpc) is 2.83. The van der Waals surface area contributed by atoms with Crippen LogP contribution in [0.5, 0.6) is 0 Å². The largest absolute Gasteiger partial charge is 0.462 e. The third kappa shape index (κ3) is 2.32. The van der Waals surface area contributed by atoms with Crippen molar-refractivity contribution in [1.29, 1.82) is 0 Å². The zero-order valence-corrected chi connectivity index (χ0v) is 14.4. The van der Waals surface area contributed by atoms with E-state index in [4.69, 9.17) is 4.74 Å². The molecule has 4 aliphatic rings. The van der Waals surface area contributed by atoms with Crippen LogP contribution in [0.15, 0.2) is 0 Å². The fourth-order valence-electron chi connectivity index (χ4n) is 7.16. The fraction of sp³-hybridized carbons (Fsp3) is 0.950. The van der Waals surface area contributed by atoms with Crippen LogP contribution in [0.4, 0.5) is 0 Å². The first-order valence-corrected chi connectivity index (χ1v) is 9.76. The molecule has 0 aromatic rings. The van der Waals surface area contributed by atoms with Crippen LogP contribution in [0.2, 0.25) is 0 Å². The van der Waals surface area contributed by atoms with Gasteiger partial charge in [-0.25, -0.2) is 0 Å². The quantitative estimate of drug-likeness (QED) is 0.640. The Labute approximate surface area is 135 Å². The van der Waals surface area contributed by atoms with Gasteiger partial charge in [0.05, 0.1) is 0 Å². The maximum Gasteiger partial charge on any atom is 0.302 e. The van der Waals surface area contributed by atoms with E-state index in [1.165, 1.54) is 57.8 Å². The van der Waals surface area contributed by atoms with Crippen LogP contribution in [0.3, 0.4) is 0 Å². The predicted molar refractivity (Wildman–Crippen MR) is 87.3 cm³/mol. The van der Waals surface area contributed by atoms with Crippen molar-refractivity contribution in [3.05, 3.63) is 0 Å². The summed E-state index contributed by atoms with van der Waals surface area (Å²) in [6, 6.07) is 0. The van der Waals surface area contributed by atoms with Gasteiger partial charge >= 0.3 is 5.97 Å². The van der Waals surface area contributed by atoms with E-state index in [2.05, 4.69) is 6.92 Å². The molecule has 7 atom stereocenters. The zero-order valence-electron chi connectivity index (χ0n) is 14.4. The van der Waals surface area contributed by atoms with E-state index in [1.54, 1.807) is 6.92 Å². The minimum Gasteiger partial charge on any atom is -0.462 e. The Kier molecular flexibility index (Phi) is 3.77. The van der Waals surface area contributed by atoms with E-state index < -0.39 is 0 Å². The molecule has 0 aliphatic heterocycles. The Bertz CT molecular complexity index is 445. The number of esters is 1. The first-order chi connectivity index (χ1) is 10.6. The maximum absolute atomic E-state index is 11.5. The Morgan fingerprint density at radius 3 is 2.50 bits per heavy atom. The molecule has 4 aliphatic carbocycles. The Hall–Kier alpha value is -0.530. The van der Waals surface area contributed by atoms with Crippen LogP contribution in [-0.2, 0) is 9.53 Å². The van der Waals surface area contributed by atoms with E-state index in [0.717, 1.165) is 30.1 Å². The predicted octanol–water partition coefficient (Wildman–Crippen LogP) is 4.96. The summed E-state index contributed by atoms with van der Waals surface area (Å²) in [6.07, 6.45) is 14.2. The first kappa shape index (κ1) is 15.0. The second kappa shape index (κ2) is 5.53. The highest BCUT2D eigenvalue weighted by Crippen LogP contribution is 2.62. The van der Waals surface area contributed by atoms with Crippen molar-refractivity contribution in [2.24, 2.45) is 35.0 Å². The number of rotatable bonds is 1. The number of carbonyl (C=O) groups excluding carboxylic acids is 1. The van der Waals surface area contributed by atoms with Gasteiger partial charge in [0, 0.05) is 12.8 Å². The lowest BCUT2D eigenvalue weighted by atomic mass is 9.50. The number of carbonyl (C=O) groups is 1. The summed E-state index contributed by atoms with van der Waals surface area (Å²) in [5.41, 5.74) is 0.447. The normalized spacial score (nSPS) is 50.6. The second-order valence-corrected chi connectivity index (χ2v) is 9.02. The molecule has 0 spiro atoms. The summed E-state index contributed by atoms with van der Waals surface area (Å²) in [7, 11) is 0. The van der Waals surface area contributed by atoms with Gasteiger partial charge in [0.25, 0.3) is 0 Å². The van der Waals surface area contributed by atoms with E-state index >= 15 is 0 Å². The minimum absolute atomic E-state index is 0.0669. The lowest BCUT2D eigenvalue weighted by Crippen LogP contribution is -2.49. The van der Waals surface area contributed by atoms with Gasteiger partial charge in [0.2, 0.25) is 0 Å². The SMILES string of the molecule is CC(=O)OC1CC[C@@]2(C)CC[C@H]3[C@@H](CCC4CCCC[C@@H]43)[C@H]12. The van der Waals surface area contributed by atoms with Crippen molar-refractivity contribution in [1.82, 2.24) is 0 Å². The molecule has 4 fully saturated rings. The molecule has 0 bridgehead atoms. The highest BCUT2D eigenvalue weighted by Gasteiger charge is 2.57. The van der Waals surface area contributed by atoms with Crippen molar-refractivity contribution in [2.45, 2.75) is 84.2 Å². The van der Waals surface area contributed by atoms with Crippen molar-refractivity contribution >= 4 is 5.97 Å². The molecular weight excluding hydrogens is 272 g/mol. The number of hydrogen-bond acceptors (Lipinski definition) is 2. The summed E-state index contributed by atoms with van der Waals surface area (Å²) in [5.74, 6) is 4.38. The molecule has 22 heavy (non-hydrogen) atoms. The van der Waals surface area contributed by atoms with Crippen molar-refractivity contribution in [3.8, 4) is 0 Å². The lowest BCUT2D eigenvalue weighted by Gasteiger charge is -2.55. The molecule has 0 aromatic heterocycles. The fourth-order valence-corrected chi connectivity index (χ4v) is 7.16. The maximum atomic E-state index is 11.5. The molecule has 0 aromatic carbocycles. The molecule has 2 heteroatoms. The van der Waals surface area contributed by atoms with Crippen LogP contribution in [0.25, 0.3) is 0 Å². The average molecular weight is 304 g/mol. The lowest BCUT2D eigenvalue weighted by molar-refractivity contribution is -0.155. The Balaban J connectivity index is 1.59. The van der Waals surface area contributed by atoms with Gasteiger partial charge in [-0.05, 0) is 74.0 Å². The monoisotopic (exact) mass is 304 g/mol. The molecule has 0 amide bonds. The third-order valence-corrected chi connectivity index (χ3v) is 7.97. The molecule has 0 radical (unpaired) electrons. The molecule has 0 heterocycles. The van der Waals surface area contributed by atoms with Gasteiger partial charge in [-0.15, -0.1) is 0 Å². The first-order valence-electron chi connectivity index (χ1n) is 9.76. The number of fused-ring (bicyclic) bond motifs is 5. The van der Waals surface area contributed by atoms with Crippen LogP contribution in [0.1, 0.15) is 78.1 Å². The van der Waals surface area contributed by atoms with E-state index in [-0.39, 0.29) is 12.1 Å². The smallest absolute Gasteiger partial charge is 0.302 e. The minimum atomic E-state index is -0.0669. The summed E-state index contributed by atoms with van der Waals surface area (Å²) in [4.78, 5) is 11.5. The van der Waals surface area contributed by atoms with Gasteiger partial charge in [0.1, 0.15) is 6.10 Å². The standard InChI is InChI=1S/C20H32O2/c1-13(21)22-18-10-12-20(2)11-9-16-15-6-4-3-5-14(15)7-8-17(16)19(18)20/h14-19H,3-12H2,1-2H3/t14?,15-,16+,17+,18?,19+,20+/m0/s1. The van der Waals surface area contributed by atoms with E-state index in [1.807, 2.05) is 0 Å². The Morgan fingerprint density at radius 1 is 0.909 bits per heavy atom. The highest BCUT2D eigenvalue weighted by molar-refractivity contribution is 5.66. The van der Waals surface area contributed by atoms with E-state index in [9.17, 15) is 4.79 Å². The second-order valence-electron chi connectivity index (χ2n) is 9.02. The summed E-state index contributed by atoms with van der Waals surface area (Å²) >= 11 is 0. The number of hydrogen-bond donors (Lipinski definition) is 0. The van der Waals surface area contributed by atoms with Gasteiger partial charge in [-0.2, -0.15) is 0 Å². The third-order valence-electron chi connectivity index (χ3n) is 7.97.